The molecule has 0 aromatic carbocycles. The van der Waals surface area contributed by atoms with Crippen LogP contribution < -0.4 is 5.32 Å². The molecule has 0 unspecified atom stereocenters. The summed E-state index contributed by atoms with van der Waals surface area (Å²) in [6, 6.07) is 0. The molecule has 19 heavy (non-hydrogen) atoms. The zero-order chi connectivity index (χ0) is 14.3. The van der Waals surface area contributed by atoms with Crippen molar-refractivity contribution >= 4 is 11.3 Å². The van der Waals surface area contributed by atoms with Gasteiger partial charge in [-0.15, -0.1) is 11.3 Å². The van der Waals surface area contributed by atoms with Gasteiger partial charge in [0.1, 0.15) is 6.61 Å². The van der Waals surface area contributed by atoms with E-state index in [0.717, 1.165) is 35.1 Å². The molecule has 0 aliphatic heterocycles. The van der Waals surface area contributed by atoms with Crippen molar-refractivity contribution in [3.8, 4) is 0 Å². The predicted molar refractivity (Wildman–Crippen MR) is 69.5 cm³/mol. The lowest BCUT2D eigenvalue weighted by Gasteiger charge is -2.06. The second-order valence-corrected chi connectivity index (χ2v) is 5.20. The Balaban J connectivity index is 2.43. The summed E-state index contributed by atoms with van der Waals surface area (Å²) in [6.07, 6.45) is -2.99. The Kier molecular flexibility index (Phi) is 6.74. The van der Waals surface area contributed by atoms with Crippen LogP contribution in [-0.4, -0.2) is 30.9 Å². The van der Waals surface area contributed by atoms with Gasteiger partial charge in [-0.25, -0.2) is 4.98 Å². The molecule has 0 bridgehead atoms. The molecule has 0 radical (unpaired) electrons. The van der Waals surface area contributed by atoms with Gasteiger partial charge < -0.3 is 10.1 Å². The van der Waals surface area contributed by atoms with Gasteiger partial charge in [-0.3, -0.25) is 0 Å². The minimum Gasteiger partial charge on any atom is -0.372 e. The zero-order valence-electron chi connectivity index (χ0n) is 11.1. The second-order valence-electron chi connectivity index (χ2n) is 4.03. The molecule has 1 rings (SSSR count). The number of hydrogen-bond donors (Lipinski definition) is 1. The van der Waals surface area contributed by atoms with Gasteiger partial charge in [-0.1, -0.05) is 13.8 Å². The molecule has 0 aliphatic carbocycles. The van der Waals surface area contributed by atoms with Crippen LogP contribution in [0.2, 0.25) is 0 Å². The molecule has 0 amide bonds. The van der Waals surface area contributed by atoms with Gasteiger partial charge in [0.05, 0.1) is 17.3 Å². The second kappa shape index (κ2) is 7.81. The van der Waals surface area contributed by atoms with Crippen LogP contribution in [0.3, 0.4) is 0 Å². The lowest BCUT2D eigenvalue weighted by molar-refractivity contribution is -0.173. The Labute approximate surface area is 115 Å². The standard InChI is InChI=1S/C12H19F3N2OS/c1-3-9-10(7-16-4-2)19-11(17-9)5-6-18-8-12(13,14)15/h16H,3-8H2,1-2H3. The molecule has 1 N–H and O–H groups in total. The van der Waals surface area contributed by atoms with E-state index in [2.05, 4.69) is 15.0 Å². The maximum atomic E-state index is 11.9. The van der Waals surface area contributed by atoms with Gasteiger partial charge >= 0.3 is 6.18 Å². The fourth-order valence-electron chi connectivity index (χ4n) is 1.54. The normalized spacial score (nSPS) is 12.1. The Morgan fingerprint density at radius 2 is 2.05 bits per heavy atom. The number of aryl methyl sites for hydroxylation is 1. The predicted octanol–water partition coefficient (Wildman–Crippen LogP) is 2.94. The maximum absolute atomic E-state index is 11.9. The van der Waals surface area contributed by atoms with E-state index >= 15 is 0 Å². The average molecular weight is 296 g/mol. The fourth-order valence-corrected chi connectivity index (χ4v) is 2.65. The van der Waals surface area contributed by atoms with Crippen LogP contribution in [0.1, 0.15) is 29.4 Å². The molecule has 0 saturated heterocycles. The molecular formula is C12H19F3N2OS. The monoisotopic (exact) mass is 296 g/mol. The van der Waals surface area contributed by atoms with Gasteiger partial charge in [0.15, 0.2) is 0 Å². The highest BCUT2D eigenvalue weighted by molar-refractivity contribution is 7.11. The van der Waals surface area contributed by atoms with Gasteiger partial charge in [0.2, 0.25) is 0 Å². The summed E-state index contributed by atoms with van der Waals surface area (Å²) >= 11 is 1.55. The van der Waals surface area contributed by atoms with Gasteiger partial charge in [-0.05, 0) is 13.0 Å². The lowest BCUT2D eigenvalue weighted by atomic mass is 10.3. The lowest BCUT2D eigenvalue weighted by Crippen LogP contribution is -2.17. The number of halogens is 3. The van der Waals surface area contributed by atoms with E-state index in [1.54, 1.807) is 11.3 Å². The van der Waals surface area contributed by atoms with Crippen molar-refractivity contribution < 1.29 is 17.9 Å². The Morgan fingerprint density at radius 1 is 1.32 bits per heavy atom. The third-order valence-electron chi connectivity index (χ3n) is 2.42. The molecule has 0 fully saturated rings. The number of aromatic nitrogens is 1. The Morgan fingerprint density at radius 3 is 2.63 bits per heavy atom. The van der Waals surface area contributed by atoms with Crippen LogP contribution in [0.15, 0.2) is 0 Å². The number of thiazole rings is 1. The van der Waals surface area contributed by atoms with Gasteiger partial charge in [0, 0.05) is 17.8 Å². The van der Waals surface area contributed by atoms with E-state index in [9.17, 15) is 13.2 Å². The molecule has 110 valence electrons. The molecule has 1 aromatic heterocycles. The highest BCUT2D eigenvalue weighted by atomic mass is 32.1. The maximum Gasteiger partial charge on any atom is 0.411 e. The Hall–Kier alpha value is -0.660. The van der Waals surface area contributed by atoms with Crippen LogP contribution >= 0.6 is 11.3 Å². The number of rotatable bonds is 8. The summed E-state index contributed by atoms with van der Waals surface area (Å²) in [5.74, 6) is 0. The van der Waals surface area contributed by atoms with Crippen molar-refractivity contribution in [2.45, 2.75) is 39.4 Å². The minimum atomic E-state index is -4.26. The van der Waals surface area contributed by atoms with Crippen molar-refractivity contribution in [1.82, 2.24) is 10.3 Å². The molecule has 7 heteroatoms. The number of ether oxygens (including phenoxy) is 1. The summed E-state index contributed by atoms with van der Waals surface area (Å²) in [5.41, 5.74) is 1.02. The topological polar surface area (TPSA) is 34.1 Å². The van der Waals surface area contributed by atoms with E-state index in [1.807, 2.05) is 13.8 Å². The fraction of sp³-hybridized carbons (Fsp3) is 0.750. The summed E-state index contributed by atoms with van der Waals surface area (Å²) in [4.78, 5) is 5.60. The third kappa shape index (κ3) is 6.35. The Bertz CT molecular complexity index is 380. The smallest absolute Gasteiger partial charge is 0.372 e. The minimum absolute atomic E-state index is 0.0524. The summed E-state index contributed by atoms with van der Waals surface area (Å²) < 4.78 is 40.3. The van der Waals surface area contributed by atoms with Crippen molar-refractivity contribution in [3.05, 3.63) is 15.6 Å². The van der Waals surface area contributed by atoms with E-state index in [4.69, 9.17) is 0 Å². The summed E-state index contributed by atoms with van der Waals surface area (Å²) in [6.45, 7) is 4.55. The van der Waals surface area contributed by atoms with Gasteiger partial charge in [-0.2, -0.15) is 13.2 Å². The first-order valence-electron chi connectivity index (χ1n) is 6.29. The summed E-state index contributed by atoms with van der Waals surface area (Å²) in [5, 5.41) is 4.07. The van der Waals surface area contributed by atoms with E-state index in [-0.39, 0.29) is 6.61 Å². The van der Waals surface area contributed by atoms with Crippen molar-refractivity contribution in [1.29, 1.82) is 0 Å². The number of alkyl halides is 3. The molecule has 0 saturated carbocycles. The van der Waals surface area contributed by atoms with E-state index in [1.165, 1.54) is 0 Å². The number of hydrogen-bond acceptors (Lipinski definition) is 4. The van der Waals surface area contributed by atoms with Crippen LogP contribution in [0, 0.1) is 0 Å². The molecule has 0 aliphatic rings. The van der Waals surface area contributed by atoms with Crippen LogP contribution in [0.4, 0.5) is 13.2 Å². The van der Waals surface area contributed by atoms with E-state index < -0.39 is 12.8 Å². The number of nitrogens with zero attached hydrogens (tertiary/aromatic N) is 1. The molecule has 1 aromatic rings. The highest BCUT2D eigenvalue weighted by Crippen LogP contribution is 2.20. The zero-order valence-corrected chi connectivity index (χ0v) is 12.0. The largest absolute Gasteiger partial charge is 0.411 e. The number of nitrogens with one attached hydrogen (secondary N) is 1. The third-order valence-corrected chi connectivity index (χ3v) is 3.58. The summed E-state index contributed by atoms with van der Waals surface area (Å²) in [7, 11) is 0. The van der Waals surface area contributed by atoms with Crippen molar-refractivity contribution in [2.75, 3.05) is 19.8 Å². The molecule has 0 spiro atoms. The SMILES string of the molecule is CCNCc1sc(CCOCC(F)(F)F)nc1CC. The molecule has 1 heterocycles. The van der Waals surface area contributed by atoms with Crippen molar-refractivity contribution in [3.63, 3.8) is 0 Å². The van der Waals surface area contributed by atoms with Crippen LogP contribution in [0.5, 0.6) is 0 Å². The van der Waals surface area contributed by atoms with Crippen LogP contribution in [0.25, 0.3) is 0 Å². The first-order chi connectivity index (χ1) is 8.96. The van der Waals surface area contributed by atoms with Crippen molar-refractivity contribution in [2.24, 2.45) is 0 Å². The molecule has 3 nitrogen and oxygen atoms in total. The van der Waals surface area contributed by atoms with Crippen LogP contribution in [-0.2, 0) is 24.1 Å². The quantitative estimate of drug-likeness (QED) is 0.749. The first kappa shape index (κ1) is 16.4. The average Bonchev–Trinajstić information content (AvgIpc) is 2.73. The van der Waals surface area contributed by atoms with Gasteiger partial charge in [0.25, 0.3) is 0 Å². The van der Waals surface area contributed by atoms with E-state index in [0.29, 0.717) is 6.42 Å². The first-order valence-corrected chi connectivity index (χ1v) is 7.10. The molecule has 0 atom stereocenters. The highest BCUT2D eigenvalue weighted by Gasteiger charge is 2.27. The molecular weight excluding hydrogens is 277 g/mol.